The standard InChI is InChI=1S/C27H37N3O5/c1-19-24(27(33)29-12-14-35-15-13-29)16-21(17-25(31)28-22-6-4-3-5-7-22)26(32)30(19)18-20-8-10-23(34-2)11-9-20/h8-11,21-22H,3-7,12-18H2,1-2H3,(H,28,31). The number of carbonyl (C=O) groups excluding carboxylic acids is 3. The monoisotopic (exact) mass is 483 g/mol. The van der Waals surface area contributed by atoms with Crippen LogP contribution in [0.5, 0.6) is 5.75 Å². The van der Waals surface area contributed by atoms with Gasteiger partial charge in [0.05, 0.1) is 32.8 Å². The fourth-order valence-corrected chi connectivity index (χ4v) is 5.26. The summed E-state index contributed by atoms with van der Waals surface area (Å²) in [6, 6.07) is 7.75. The van der Waals surface area contributed by atoms with Gasteiger partial charge in [0.25, 0.3) is 5.91 Å². The fourth-order valence-electron chi connectivity index (χ4n) is 5.26. The molecule has 8 nitrogen and oxygen atoms in total. The van der Waals surface area contributed by atoms with Crippen LogP contribution in [0.15, 0.2) is 35.5 Å². The number of allylic oxidation sites excluding steroid dienone is 1. The Bertz CT molecular complexity index is 946. The highest BCUT2D eigenvalue weighted by atomic mass is 16.5. The van der Waals surface area contributed by atoms with E-state index in [1.165, 1.54) is 6.42 Å². The summed E-state index contributed by atoms with van der Waals surface area (Å²) in [6.45, 7) is 4.28. The van der Waals surface area contributed by atoms with Crippen molar-refractivity contribution in [3.8, 4) is 5.75 Å². The third-order valence-electron chi connectivity index (χ3n) is 7.37. The molecule has 35 heavy (non-hydrogen) atoms. The number of nitrogens with one attached hydrogen (secondary N) is 1. The van der Waals surface area contributed by atoms with Crippen molar-refractivity contribution in [2.24, 2.45) is 5.92 Å². The maximum atomic E-state index is 13.6. The topological polar surface area (TPSA) is 88.2 Å². The summed E-state index contributed by atoms with van der Waals surface area (Å²) >= 11 is 0. The number of morpholine rings is 1. The lowest BCUT2D eigenvalue weighted by molar-refractivity contribution is -0.140. The molecule has 4 rings (SSSR count). The van der Waals surface area contributed by atoms with E-state index < -0.39 is 5.92 Å². The maximum Gasteiger partial charge on any atom is 0.251 e. The van der Waals surface area contributed by atoms with Crippen molar-refractivity contribution in [1.82, 2.24) is 15.1 Å². The summed E-state index contributed by atoms with van der Waals surface area (Å²) in [7, 11) is 1.61. The van der Waals surface area contributed by atoms with E-state index in [9.17, 15) is 14.4 Å². The van der Waals surface area contributed by atoms with Gasteiger partial charge in [0.2, 0.25) is 11.8 Å². The predicted molar refractivity (Wildman–Crippen MR) is 131 cm³/mol. The van der Waals surface area contributed by atoms with Gasteiger partial charge in [-0.2, -0.15) is 0 Å². The lowest BCUT2D eigenvalue weighted by Gasteiger charge is -2.37. The molecule has 3 aliphatic rings. The summed E-state index contributed by atoms with van der Waals surface area (Å²) in [6.07, 6.45) is 5.85. The summed E-state index contributed by atoms with van der Waals surface area (Å²) in [5.41, 5.74) is 2.23. The van der Waals surface area contributed by atoms with Crippen molar-refractivity contribution in [3.05, 3.63) is 41.1 Å². The summed E-state index contributed by atoms with van der Waals surface area (Å²) in [5.74, 6) is -0.0734. The molecule has 3 amide bonds. The smallest absolute Gasteiger partial charge is 0.251 e. The molecule has 1 N–H and O–H groups in total. The molecular weight excluding hydrogens is 446 g/mol. The van der Waals surface area contributed by atoms with Crippen molar-refractivity contribution in [2.45, 2.75) is 64.5 Å². The van der Waals surface area contributed by atoms with Crippen LogP contribution in [0.2, 0.25) is 0 Å². The van der Waals surface area contributed by atoms with Crippen LogP contribution in [-0.4, -0.2) is 67.0 Å². The molecule has 0 radical (unpaired) electrons. The molecule has 1 unspecified atom stereocenters. The van der Waals surface area contributed by atoms with Gasteiger partial charge in [0.1, 0.15) is 5.75 Å². The summed E-state index contributed by atoms with van der Waals surface area (Å²) < 4.78 is 10.7. The van der Waals surface area contributed by atoms with Crippen molar-refractivity contribution in [1.29, 1.82) is 0 Å². The van der Waals surface area contributed by atoms with Gasteiger partial charge >= 0.3 is 0 Å². The lowest BCUT2D eigenvalue weighted by Crippen LogP contribution is -2.47. The van der Waals surface area contributed by atoms with Gasteiger partial charge in [0, 0.05) is 36.8 Å². The highest BCUT2D eigenvalue weighted by molar-refractivity contribution is 5.98. The second-order valence-corrected chi connectivity index (χ2v) is 9.75. The van der Waals surface area contributed by atoms with Gasteiger partial charge in [-0.3, -0.25) is 14.4 Å². The predicted octanol–water partition coefficient (Wildman–Crippen LogP) is 3.02. The Morgan fingerprint density at radius 1 is 1.09 bits per heavy atom. The lowest BCUT2D eigenvalue weighted by atomic mass is 9.87. The molecule has 1 aromatic rings. The molecule has 1 aliphatic carbocycles. The average molecular weight is 484 g/mol. The number of benzene rings is 1. The van der Waals surface area contributed by atoms with Crippen LogP contribution in [0, 0.1) is 5.92 Å². The van der Waals surface area contributed by atoms with E-state index in [0.29, 0.717) is 44.1 Å². The number of methoxy groups -OCH3 is 1. The Kier molecular flexibility index (Phi) is 8.44. The van der Waals surface area contributed by atoms with Gasteiger partial charge in [-0.1, -0.05) is 31.4 Å². The summed E-state index contributed by atoms with van der Waals surface area (Å²) in [4.78, 5) is 43.4. The maximum absolute atomic E-state index is 13.6. The van der Waals surface area contributed by atoms with E-state index in [2.05, 4.69) is 5.32 Å². The third kappa shape index (κ3) is 6.23. The molecule has 1 saturated heterocycles. The van der Waals surface area contributed by atoms with Crippen molar-refractivity contribution < 1.29 is 23.9 Å². The highest BCUT2D eigenvalue weighted by Crippen LogP contribution is 2.32. The van der Waals surface area contributed by atoms with Crippen molar-refractivity contribution in [3.63, 3.8) is 0 Å². The first-order valence-corrected chi connectivity index (χ1v) is 12.8. The molecule has 0 aromatic heterocycles. The van der Waals surface area contributed by atoms with E-state index in [1.807, 2.05) is 31.2 Å². The first kappa shape index (κ1) is 25.2. The Balaban J connectivity index is 1.54. The van der Waals surface area contributed by atoms with Gasteiger partial charge in [-0.05, 0) is 43.9 Å². The molecule has 190 valence electrons. The molecule has 1 aromatic carbocycles. The van der Waals surface area contributed by atoms with Gasteiger partial charge in [-0.15, -0.1) is 0 Å². The number of rotatable bonds is 7. The molecular formula is C27H37N3O5. The normalized spacial score (nSPS) is 21.8. The van der Waals surface area contributed by atoms with Gasteiger partial charge in [0.15, 0.2) is 0 Å². The Labute approximate surface area is 207 Å². The van der Waals surface area contributed by atoms with Crippen LogP contribution in [0.3, 0.4) is 0 Å². The van der Waals surface area contributed by atoms with E-state index in [4.69, 9.17) is 9.47 Å². The first-order valence-electron chi connectivity index (χ1n) is 12.8. The number of hydrogen-bond donors (Lipinski definition) is 1. The minimum atomic E-state index is -0.555. The number of nitrogens with zero attached hydrogens (tertiary/aromatic N) is 2. The Hall–Kier alpha value is -2.87. The van der Waals surface area contributed by atoms with Crippen LogP contribution in [0.25, 0.3) is 0 Å². The van der Waals surface area contributed by atoms with E-state index in [1.54, 1.807) is 16.9 Å². The zero-order valence-electron chi connectivity index (χ0n) is 20.9. The SMILES string of the molecule is COc1ccc(CN2C(=O)C(CC(=O)NC3CCCCC3)CC(C(=O)N3CCOCC3)=C2C)cc1. The Morgan fingerprint density at radius 2 is 1.77 bits per heavy atom. The molecule has 2 aliphatic heterocycles. The van der Waals surface area contributed by atoms with Crippen molar-refractivity contribution in [2.75, 3.05) is 33.4 Å². The van der Waals surface area contributed by atoms with Gasteiger partial charge < -0.3 is 24.6 Å². The zero-order valence-corrected chi connectivity index (χ0v) is 20.9. The highest BCUT2D eigenvalue weighted by Gasteiger charge is 2.38. The molecule has 1 atom stereocenters. The average Bonchev–Trinajstić information content (AvgIpc) is 2.89. The molecule has 1 saturated carbocycles. The van der Waals surface area contributed by atoms with Gasteiger partial charge in [-0.25, -0.2) is 0 Å². The summed E-state index contributed by atoms with van der Waals surface area (Å²) in [5, 5.41) is 3.13. The fraction of sp³-hybridized carbons (Fsp3) is 0.593. The van der Waals surface area contributed by atoms with E-state index in [0.717, 1.165) is 37.0 Å². The van der Waals surface area contributed by atoms with Crippen LogP contribution >= 0.6 is 0 Å². The molecule has 8 heteroatoms. The van der Waals surface area contributed by atoms with Crippen LogP contribution in [-0.2, 0) is 25.7 Å². The van der Waals surface area contributed by atoms with Crippen LogP contribution < -0.4 is 10.1 Å². The second-order valence-electron chi connectivity index (χ2n) is 9.75. The van der Waals surface area contributed by atoms with E-state index >= 15 is 0 Å². The molecule has 0 bridgehead atoms. The zero-order chi connectivity index (χ0) is 24.8. The minimum Gasteiger partial charge on any atom is -0.497 e. The molecule has 2 heterocycles. The minimum absolute atomic E-state index is 0.0595. The molecule has 2 fully saturated rings. The number of carbonyl (C=O) groups is 3. The first-order chi connectivity index (χ1) is 17.0. The Morgan fingerprint density at radius 3 is 2.43 bits per heavy atom. The number of ether oxygens (including phenoxy) is 2. The number of amides is 3. The van der Waals surface area contributed by atoms with E-state index in [-0.39, 0.29) is 36.6 Å². The van der Waals surface area contributed by atoms with Crippen LogP contribution in [0.1, 0.15) is 57.4 Å². The molecule has 0 spiro atoms. The quantitative estimate of drug-likeness (QED) is 0.644. The largest absolute Gasteiger partial charge is 0.497 e. The number of hydrogen-bond acceptors (Lipinski definition) is 5. The van der Waals surface area contributed by atoms with Crippen molar-refractivity contribution >= 4 is 17.7 Å². The second kappa shape index (κ2) is 11.7. The van der Waals surface area contributed by atoms with Crippen LogP contribution in [0.4, 0.5) is 0 Å². The third-order valence-corrected chi connectivity index (χ3v) is 7.37.